The van der Waals surface area contributed by atoms with Crippen LogP contribution in [0.2, 0.25) is 0 Å². The lowest BCUT2D eigenvalue weighted by Gasteiger charge is -2.28. The molecular weight excluding hydrogens is 446 g/mol. The lowest BCUT2D eigenvalue weighted by atomic mass is 9.84. The Labute approximate surface area is 207 Å². The number of hydrogen-bond donors (Lipinski definition) is 2. The van der Waals surface area contributed by atoms with Crippen LogP contribution in [-0.4, -0.2) is 47.0 Å². The molecule has 2 aliphatic rings. The number of carboxylic acids is 1. The van der Waals surface area contributed by atoms with Crippen molar-refractivity contribution in [3.63, 3.8) is 0 Å². The first kappa shape index (κ1) is 25.1. The van der Waals surface area contributed by atoms with Crippen LogP contribution >= 0.6 is 0 Å². The Morgan fingerprint density at radius 1 is 1.03 bits per heavy atom. The van der Waals surface area contributed by atoms with E-state index in [2.05, 4.69) is 12.2 Å². The van der Waals surface area contributed by atoms with Crippen molar-refractivity contribution in [1.29, 1.82) is 0 Å². The number of nitrogens with one attached hydrogen (secondary N) is 1. The molecule has 35 heavy (non-hydrogen) atoms. The number of carbonyl (C=O) groups excluding carboxylic acids is 1. The van der Waals surface area contributed by atoms with Crippen LogP contribution in [0, 0.1) is 11.8 Å². The fourth-order valence-corrected chi connectivity index (χ4v) is 5.63. The molecule has 4 rings (SSSR count). The van der Waals surface area contributed by atoms with E-state index in [-0.39, 0.29) is 17.7 Å². The topological polar surface area (TPSA) is 103 Å². The number of hydrogen-bond acceptors (Lipinski definition) is 5. The molecule has 0 spiro atoms. The largest absolute Gasteiger partial charge is 0.496 e. The van der Waals surface area contributed by atoms with Crippen molar-refractivity contribution in [2.24, 2.45) is 11.8 Å². The number of aliphatic carboxylic acids is 1. The summed E-state index contributed by atoms with van der Waals surface area (Å²) in [5.74, 6) is 0.430. The van der Waals surface area contributed by atoms with Gasteiger partial charge in [0.05, 0.1) is 31.5 Å². The molecule has 0 aliphatic heterocycles. The van der Waals surface area contributed by atoms with Crippen molar-refractivity contribution in [3.05, 3.63) is 30.0 Å². The van der Waals surface area contributed by atoms with E-state index in [9.17, 15) is 14.7 Å². The molecule has 0 radical (unpaired) electrons. The SMILES string of the molecule is COc1cccc(OC)c1-c1cc(C(=O)N[C@H](C(=O)O)C2CCCCC2)nn1C1CCC(C)CC1. The summed E-state index contributed by atoms with van der Waals surface area (Å²) in [7, 11) is 3.22. The maximum Gasteiger partial charge on any atom is 0.326 e. The Bertz CT molecular complexity index is 1010. The quantitative estimate of drug-likeness (QED) is 0.543. The summed E-state index contributed by atoms with van der Waals surface area (Å²) in [6.07, 6.45) is 8.86. The standard InChI is InChI=1S/C27H37N3O5/c1-17-12-14-19(15-13-17)30-21(24-22(34-2)10-7-11-23(24)35-3)16-20(29-30)26(31)28-25(27(32)33)18-8-5-4-6-9-18/h7,10-11,16-19,25H,4-6,8-9,12-15H2,1-3H3,(H,28,31)(H,32,33)/t17?,19?,25-/m0/s1. The van der Waals surface area contributed by atoms with Gasteiger partial charge in [-0.15, -0.1) is 0 Å². The van der Waals surface area contributed by atoms with Gasteiger partial charge in [-0.3, -0.25) is 9.48 Å². The second kappa shape index (κ2) is 11.1. The number of nitrogens with zero attached hydrogens (tertiary/aromatic N) is 2. The van der Waals surface area contributed by atoms with E-state index in [4.69, 9.17) is 14.6 Å². The average Bonchev–Trinajstić information content (AvgIpc) is 3.32. The number of carbonyl (C=O) groups is 2. The fourth-order valence-electron chi connectivity index (χ4n) is 5.63. The van der Waals surface area contributed by atoms with E-state index in [1.54, 1.807) is 20.3 Å². The van der Waals surface area contributed by atoms with Gasteiger partial charge in [-0.1, -0.05) is 32.3 Å². The summed E-state index contributed by atoms with van der Waals surface area (Å²) in [5.41, 5.74) is 1.70. The van der Waals surface area contributed by atoms with E-state index in [1.165, 1.54) is 0 Å². The zero-order chi connectivity index (χ0) is 24.9. The fraction of sp³-hybridized carbons (Fsp3) is 0.593. The van der Waals surface area contributed by atoms with Gasteiger partial charge in [0.2, 0.25) is 0 Å². The first-order valence-electron chi connectivity index (χ1n) is 12.8. The van der Waals surface area contributed by atoms with Crippen molar-refractivity contribution in [1.82, 2.24) is 15.1 Å². The third-order valence-electron chi connectivity index (χ3n) is 7.66. The molecule has 8 nitrogen and oxygen atoms in total. The predicted octanol–water partition coefficient (Wildman–Crippen LogP) is 5.08. The molecule has 0 saturated heterocycles. The highest BCUT2D eigenvalue weighted by Crippen LogP contribution is 2.42. The van der Waals surface area contributed by atoms with E-state index in [1.807, 2.05) is 22.9 Å². The minimum atomic E-state index is -0.988. The highest BCUT2D eigenvalue weighted by atomic mass is 16.5. The lowest BCUT2D eigenvalue weighted by Crippen LogP contribution is -2.46. The van der Waals surface area contributed by atoms with Crippen LogP contribution in [0.15, 0.2) is 24.3 Å². The molecule has 1 atom stereocenters. The zero-order valence-electron chi connectivity index (χ0n) is 21.0. The molecule has 0 unspecified atom stereocenters. The van der Waals surface area contributed by atoms with Gasteiger partial charge in [0.15, 0.2) is 5.69 Å². The predicted molar refractivity (Wildman–Crippen MR) is 133 cm³/mol. The molecule has 2 saturated carbocycles. The molecule has 1 heterocycles. The average molecular weight is 484 g/mol. The Morgan fingerprint density at radius 2 is 1.66 bits per heavy atom. The van der Waals surface area contributed by atoms with Crippen LogP contribution in [0.25, 0.3) is 11.3 Å². The summed E-state index contributed by atoms with van der Waals surface area (Å²) < 4.78 is 13.2. The van der Waals surface area contributed by atoms with Crippen LogP contribution in [0.4, 0.5) is 0 Å². The minimum Gasteiger partial charge on any atom is -0.496 e. The minimum absolute atomic E-state index is 0.0547. The van der Waals surface area contributed by atoms with Gasteiger partial charge >= 0.3 is 5.97 Å². The van der Waals surface area contributed by atoms with Crippen molar-refractivity contribution in [2.45, 2.75) is 76.8 Å². The molecule has 8 heteroatoms. The van der Waals surface area contributed by atoms with Gasteiger partial charge < -0.3 is 19.9 Å². The molecular formula is C27H37N3O5. The maximum atomic E-state index is 13.3. The molecule has 1 amide bonds. The smallest absolute Gasteiger partial charge is 0.326 e. The summed E-state index contributed by atoms with van der Waals surface area (Å²) in [5, 5.41) is 17.4. The Kier molecular flexibility index (Phi) is 7.98. The van der Waals surface area contributed by atoms with Crippen molar-refractivity contribution < 1.29 is 24.2 Å². The van der Waals surface area contributed by atoms with Crippen LogP contribution in [0.1, 0.15) is 81.2 Å². The first-order valence-corrected chi connectivity index (χ1v) is 12.8. The van der Waals surface area contributed by atoms with E-state index in [0.717, 1.165) is 69.0 Å². The van der Waals surface area contributed by atoms with Crippen LogP contribution in [0.5, 0.6) is 11.5 Å². The van der Waals surface area contributed by atoms with Crippen molar-refractivity contribution >= 4 is 11.9 Å². The molecule has 1 aromatic carbocycles. The summed E-state index contributed by atoms with van der Waals surface area (Å²) in [4.78, 5) is 25.4. The number of rotatable bonds is 8. The van der Waals surface area contributed by atoms with Gasteiger partial charge in [-0.05, 0) is 68.6 Å². The van der Waals surface area contributed by atoms with Gasteiger partial charge in [0, 0.05) is 0 Å². The van der Waals surface area contributed by atoms with E-state index in [0.29, 0.717) is 17.4 Å². The highest BCUT2D eigenvalue weighted by Gasteiger charge is 2.33. The number of ether oxygens (including phenoxy) is 2. The third kappa shape index (κ3) is 5.46. The molecule has 190 valence electrons. The maximum absolute atomic E-state index is 13.3. The summed E-state index contributed by atoms with van der Waals surface area (Å²) in [6.45, 7) is 2.26. The molecule has 0 bridgehead atoms. The normalized spacial score (nSPS) is 21.8. The second-order valence-electron chi connectivity index (χ2n) is 10.00. The second-order valence-corrected chi connectivity index (χ2v) is 10.00. The summed E-state index contributed by atoms with van der Waals surface area (Å²) in [6, 6.07) is 6.56. The van der Waals surface area contributed by atoms with Gasteiger partial charge in [0.25, 0.3) is 5.91 Å². The van der Waals surface area contributed by atoms with Crippen molar-refractivity contribution in [3.8, 4) is 22.8 Å². The van der Waals surface area contributed by atoms with Crippen LogP contribution in [-0.2, 0) is 4.79 Å². The van der Waals surface area contributed by atoms with E-state index < -0.39 is 17.9 Å². The highest BCUT2D eigenvalue weighted by molar-refractivity contribution is 5.96. The zero-order valence-corrected chi connectivity index (χ0v) is 21.0. The Balaban J connectivity index is 1.71. The monoisotopic (exact) mass is 483 g/mol. The number of aromatic nitrogens is 2. The van der Waals surface area contributed by atoms with Gasteiger partial charge in [0.1, 0.15) is 17.5 Å². The Morgan fingerprint density at radius 3 is 2.23 bits per heavy atom. The Hall–Kier alpha value is -3.03. The van der Waals surface area contributed by atoms with Crippen LogP contribution < -0.4 is 14.8 Å². The molecule has 2 fully saturated rings. The van der Waals surface area contributed by atoms with Crippen molar-refractivity contribution in [2.75, 3.05) is 14.2 Å². The molecule has 2 aromatic rings. The van der Waals surface area contributed by atoms with E-state index >= 15 is 0 Å². The third-order valence-corrected chi connectivity index (χ3v) is 7.66. The first-order chi connectivity index (χ1) is 16.9. The summed E-state index contributed by atoms with van der Waals surface area (Å²) >= 11 is 0. The van der Waals surface area contributed by atoms with Gasteiger partial charge in [-0.25, -0.2) is 4.79 Å². The number of amides is 1. The number of benzene rings is 1. The van der Waals surface area contributed by atoms with Crippen LogP contribution in [0.3, 0.4) is 0 Å². The molecule has 2 N–H and O–H groups in total. The van der Waals surface area contributed by atoms with Gasteiger partial charge in [-0.2, -0.15) is 5.10 Å². The number of carboxylic acid groups (broad SMARTS) is 1. The molecule has 1 aromatic heterocycles. The lowest BCUT2D eigenvalue weighted by molar-refractivity contribution is -0.141. The molecule has 2 aliphatic carbocycles. The number of methoxy groups -OCH3 is 2.